The first-order valence-electron chi connectivity index (χ1n) is 9.27. The summed E-state index contributed by atoms with van der Waals surface area (Å²) in [5.74, 6) is 0.870. The number of nitrogens with zero attached hydrogens (tertiary/aromatic N) is 1. The standard InChI is InChI=1S/C21H25ClN2O3/c22-18-7-4-8-19(15-18)27-14-11-23-21(26)24-12-9-17(10-13-24)20(25)16-5-2-1-3-6-16/h1-8,15,17,20,25H,9-14H2,(H,23,26). The number of urea groups is 1. The zero-order valence-corrected chi connectivity index (χ0v) is 15.9. The first-order chi connectivity index (χ1) is 13.1. The van der Waals surface area contributed by atoms with Crippen molar-refractivity contribution in [3.63, 3.8) is 0 Å². The van der Waals surface area contributed by atoms with E-state index < -0.39 is 6.10 Å². The molecule has 2 aromatic rings. The number of ether oxygens (including phenoxy) is 1. The van der Waals surface area contributed by atoms with E-state index in [1.165, 1.54) is 0 Å². The van der Waals surface area contributed by atoms with E-state index in [-0.39, 0.29) is 11.9 Å². The molecule has 0 aromatic heterocycles. The van der Waals surface area contributed by atoms with E-state index in [0.29, 0.717) is 37.0 Å². The van der Waals surface area contributed by atoms with E-state index in [9.17, 15) is 9.90 Å². The van der Waals surface area contributed by atoms with Crippen LogP contribution in [0.2, 0.25) is 5.02 Å². The van der Waals surface area contributed by atoms with Gasteiger partial charge in [0.05, 0.1) is 12.6 Å². The van der Waals surface area contributed by atoms with Gasteiger partial charge in [0, 0.05) is 18.1 Å². The molecule has 1 saturated heterocycles. The van der Waals surface area contributed by atoms with Gasteiger partial charge in [-0.2, -0.15) is 0 Å². The zero-order valence-electron chi connectivity index (χ0n) is 15.2. The maximum atomic E-state index is 12.3. The summed E-state index contributed by atoms with van der Waals surface area (Å²) in [6.07, 6.45) is 1.12. The van der Waals surface area contributed by atoms with E-state index >= 15 is 0 Å². The molecule has 2 N–H and O–H groups in total. The van der Waals surface area contributed by atoms with Crippen molar-refractivity contribution in [2.24, 2.45) is 5.92 Å². The van der Waals surface area contributed by atoms with Gasteiger partial charge in [-0.3, -0.25) is 0 Å². The van der Waals surface area contributed by atoms with Crippen LogP contribution in [0.15, 0.2) is 54.6 Å². The van der Waals surface area contributed by atoms with E-state index in [4.69, 9.17) is 16.3 Å². The van der Waals surface area contributed by atoms with Crippen molar-refractivity contribution < 1.29 is 14.6 Å². The minimum atomic E-state index is -0.470. The minimum Gasteiger partial charge on any atom is -0.492 e. The number of piperidine rings is 1. The van der Waals surface area contributed by atoms with Crippen molar-refractivity contribution in [3.8, 4) is 5.75 Å². The van der Waals surface area contributed by atoms with Gasteiger partial charge in [-0.05, 0) is 42.5 Å². The molecular weight excluding hydrogens is 364 g/mol. The summed E-state index contributed by atoms with van der Waals surface area (Å²) in [4.78, 5) is 14.1. The maximum Gasteiger partial charge on any atom is 0.317 e. The van der Waals surface area contributed by atoms with Crippen LogP contribution in [0.4, 0.5) is 4.79 Å². The molecule has 1 aliphatic heterocycles. The third-order valence-electron chi connectivity index (χ3n) is 4.86. The number of aliphatic hydroxyl groups excluding tert-OH is 1. The van der Waals surface area contributed by atoms with Crippen LogP contribution in [0.3, 0.4) is 0 Å². The zero-order chi connectivity index (χ0) is 19.1. The second kappa shape index (κ2) is 9.62. The van der Waals surface area contributed by atoms with Gasteiger partial charge in [-0.15, -0.1) is 0 Å². The molecule has 6 heteroatoms. The number of likely N-dealkylation sites (tertiary alicyclic amines) is 1. The lowest BCUT2D eigenvalue weighted by atomic mass is 9.87. The maximum absolute atomic E-state index is 12.3. The van der Waals surface area contributed by atoms with Crippen LogP contribution in [0.5, 0.6) is 5.75 Å². The van der Waals surface area contributed by atoms with E-state index in [0.717, 1.165) is 18.4 Å². The molecule has 1 fully saturated rings. The first-order valence-corrected chi connectivity index (χ1v) is 9.65. The number of amides is 2. The summed E-state index contributed by atoms with van der Waals surface area (Å²) in [5, 5.41) is 14.0. The number of benzene rings is 2. The second-order valence-corrected chi connectivity index (χ2v) is 7.15. The summed E-state index contributed by atoms with van der Waals surface area (Å²) in [6.45, 7) is 2.11. The summed E-state index contributed by atoms with van der Waals surface area (Å²) in [6, 6.07) is 16.8. The van der Waals surface area contributed by atoms with Crippen LogP contribution in [-0.2, 0) is 0 Å². The Morgan fingerprint density at radius 2 is 1.93 bits per heavy atom. The van der Waals surface area contributed by atoms with Crippen molar-refractivity contribution in [1.82, 2.24) is 10.2 Å². The SMILES string of the molecule is O=C(NCCOc1cccc(Cl)c1)N1CCC(C(O)c2ccccc2)CC1. The molecule has 0 radical (unpaired) electrons. The van der Waals surface area contributed by atoms with Gasteiger partial charge in [-0.25, -0.2) is 4.79 Å². The largest absolute Gasteiger partial charge is 0.492 e. The van der Waals surface area contributed by atoms with Gasteiger partial charge in [0.25, 0.3) is 0 Å². The van der Waals surface area contributed by atoms with Crippen molar-refractivity contribution in [2.45, 2.75) is 18.9 Å². The number of nitrogens with one attached hydrogen (secondary N) is 1. The van der Waals surface area contributed by atoms with Gasteiger partial charge < -0.3 is 20.1 Å². The number of hydrogen-bond donors (Lipinski definition) is 2. The van der Waals surface area contributed by atoms with Crippen LogP contribution in [-0.4, -0.2) is 42.3 Å². The van der Waals surface area contributed by atoms with Crippen molar-refractivity contribution in [1.29, 1.82) is 0 Å². The molecule has 1 aliphatic rings. The fourth-order valence-electron chi connectivity index (χ4n) is 3.34. The lowest BCUT2D eigenvalue weighted by Crippen LogP contribution is -2.46. The molecule has 1 unspecified atom stereocenters. The van der Waals surface area contributed by atoms with Crippen LogP contribution in [0, 0.1) is 5.92 Å². The predicted molar refractivity (Wildman–Crippen MR) is 106 cm³/mol. The minimum absolute atomic E-state index is 0.0858. The number of aliphatic hydroxyl groups is 1. The molecule has 27 heavy (non-hydrogen) atoms. The van der Waals surface area contributed by atoms with Gasteiger partial charge in [0.15, 0.2) is 0 Å². The summed E-state index contributed by atoms with van der Waals surface area (Å²) in [5.41, 5.74) is 0.943. The second-order valence-electron chi connectivity index (χ2n) is 6.72. The number of hydrogen-bond acceptors (Lipinski definition) is 3. The van der Waals surface area contributed by atoms with Gasteiger partial charge >= 0.3 is 6.03 Å². The highest BCUT2D eigenvalue weighted by molar-refractivity contribution is 6.30. The number of halogens is 1. The Morgan fingerprint density at radius 1 is 1.19 bits per heavy atom. The monoisotopic (exact) mass is 388 g/mol. The van der Waals surface area contributed by atoms with Gasteiger partial charge in [0.1, 0.15) is 12.4 Å². The third kappa shape index (κ3) is 5.62. The molecule has 2 aromatic carbocycles. The quantitative estimate of drug-likeness (QED) is 0.738. The van der Waals surface area contributed by atoms with Crippen LogP contribution >= 0.6 is 11.6 Å². The predicted octanol–water partition coefficient (Wildman–Crippen LogP) is 3.87. The Morgan fingerprint density at radius 3 is 2.63 bits per heavy atom. The van der Waals surface area contributed by atoms with Crippen LogP contribution < -0.4 is 10.1 Å². The smallest absolute Gasteiger partial charge is 0.317 e. The van der Waals surface area contributed by atoms with Crippen LogP contribution in [0.1, 0.15) is 24.5 Å². The molecule has 3 rings (SSSR count). The molecule has 144 valence electrons. The van der Waals surface area contributed by atoms with E-state index in [1.54, 1.807) is 17.0 Å². The average molecular weight is 389 g/mol. The number of rotatable bonds is 6. The fourth-order valence-corrected chi connectivity index (χ4v) is 3.52. The number of carbonyl (C=O) groups excluding carboxylic acids is 1. The highest BCUT2D eigenvalue weighted by atomic mass is 35.5. The third-order valence-corrected chi connectivity index (χ3v) is 5.09. The topological polar surface area (TPSA) is 61.8 Å². The highest BCUT2D eigenvalue weighted by Crippen LogP contribution is 2.30. The first kappa shape index (κ1) is 19.5. The van der Waals surface area contributed by atoms with Crippen molar-refractivity contribution >= 4 is 17.6 Å². The lowest BCUT2D eigenvalue weighted by Gasteiger charge is -2.34. The Balaban J connectivity index is 1.37. The molecule has 0 spiro atoms. The van der Waals surface area contributed by atoms with E-state index in [1.807, 2.05) is 42.5 Å². The average Bonchev–Trinajstić information content (AvgIpc) is 2.71. The highest BCUT2D eigenvalue weighted by Gasteiger charge is 2.28. The molecule has 1 heterocycles. The molecule has 0 saturated carbocycles. The van der Waals surface area contributed by atoms with Crippen LogP contribution in [0.25, 0.3) is 0 Å². The summed E-state index contributed by atoms with van der Waals surface area (Å²) >= 11 is 5.91. The Bertz CT molecular complexity index is 733. The molecule has 5 nitrogen and oxygen atoms in total. The molecule has 1 atom stereocenters. The lowest BCUT2D eigenvalue weighted by molar-refractivity contribution is 0.0664. The molecule has 0 bridgehead atoms. The molecular formula is C21H25ClN2O3. The summed E-state index contributed by atoms with van der Waals surface area (Å²) in [7, 11) is 0. The molecule has 0 aliphatic carbocycles. The number of carbonyl (C=O) groups is 1. The normalized spacial score (nSPS) is 16.0. The fraction of sp³-hybridized carbons (Fsp3) is 0.381. The van der Waals surface area contributed by atoms with E-state index in [2.05, 4.69) is 5.32 Å². The van der Waals surface area contributed by atoms with Crippen molar-refractivity contribution in [3.05, 3.63) is 65.2 Å². The Kier molecular flexibility index (Phi) is 6.96. The van der Waals surface area contributed by atoms with Gasteiger partial charge in [-0.1, -0.05) is 48.0 Å². The molecule has 2 amide bonds. The summed E-state index contributed by atoms with van der Waals surface area (Å²) < 4.78 is 5.57. The van der Waals surface area contributed by atoms with Gasteiger partial charge in [0.2, 0.25) is 0 Å². The Labute approximate surface area is 164 Å². The van der Waals surface area contributed by atoms with Crippen molar-refractivity contribution in [2.75, 3.05) is 26.2 Å². The Hall–Kier alpha value is -2.24.